The lowest BCUT2D eigenvalue weighted by Gasteiger charge is -2.31. The Bertz CT molecular complexity index is 514. The molecule has 1 aromatic rings. The van der Waals surface area contributed by atoms with Gasteiger partial charge in [-0.15, -0.1) is 0 Å². The van der Waals surface area contributed by atoms with E-state index < -0.39 is 0 Å². The second-order valence-electron chi connectivity index (χ2n) is 8.71. The second-order valence-corrected chi connectivity index (χ2v) is 10.4. The summed E-state index contributed by atoms with van der Waals surface area (Å²) in [6.45, 7) is 8.77. The Kier molecular flexibility index (Phi) is 6.56. The van der Waals surface area contributed by atoms with Crippen LogP contribution in [0.15, 0.2) is 24.3 Å². The zero-order chi connectivity index (χ0) is 17.7. The summed E-state index contributed by atoms with van der Waals surface area (Å²) in [5.74, 6) is 2.60. The molecule has 0 amide bonds. The summed E-state index contributed by atoms with van der Waals surface area (Å²) in [6.07, 6.45) is 7.90. The van der Waals surface area contributed by atoms with Crippen molar-refractivity contribution in [3.05, 3.63) is 24.3 Å². The molecule has 0 saturated heterocycles. The molecule has 0 atom stereocenters. The number of hydrogen-bond acceptors (Lipinski definition) is 4. The van der Waals surface area contributed by atoms with Gasteiger partial charge >= 0.3 is 0 Å². The van der Waals surface area contributed by atoms with Crippen molar-refractivity contribution in [3.8, 4) is 5.75 Å². The SMILES string of the molecule is CC(C)(C)SNC1CCC(CNc2ccc(OCC3CC3)cc2)CC1. The van der Waals surface area contributed by atoms with Gasteiger partial charge in [0.1, 0.15) is 5.75 Å². The molecule has 25 heavy (non-hydrogen) atoms. The zero-order valence-corrected chi connectivity index (χ0v) is 16.8. The van der Waals surface area contributed by atoms with Gasteiger partial charge in [-0.3, -0.25) is 4.72 Å². The number of nitrogens with one attached hydrogen (secondary N) is 2. The third-order valence-corrected chi connectivity index (χ3v) is 6.07. The highest BCUT2D eigenvalue weighted by Gasteiger charge is 2.23. The summed E-state index contributed by atoms with van der Waals surface area (Å²) >= 11 is 1.88. The summed E-state index contributed by atoms with van der Waals surface area (Å²) in [4.78, 5) is 0. The maximum absolute atomic E-state index is 5.80. The Balaban J connectivity index is 1.32. The Morgan fingerprint density at radius 1 is 0.960 bits per heavy atom. The van der Waals surface area contributed by atoms with Crippen molar-refractivity contribution in [2.45, 2.75) is 70.1 Å². The quantitative estimate of drug-likeness (QED) is 0.600. The van der Waals surface area contributed by atoms with E-state index in [2.05, 4.69) is 55.1 Å². The summed E-state index contributed by atoms with van der Waals surface area (Å²) in [5.41, 5.74) is 1.21. The summed E-state index contributed by atoms with van der Waals surface area (Å²) < 4.78 is 9.77. The molecule has 140 valence electrons. The monoisotopic (exact) mass is 362 g/mol. The molecular formula is C21H34N2OS. The van der Waals surface area contributed by atoms with Crippen LogP contribution in [-0.4, -0.2) is 23.9 Å². The molecule has 0 aliphatic heterocycles. The fourth-order valence-corrected chi connectivity index (χ4v) is 3.93. The molecule has 0 spiro atoms. The molecular weight excluding hydrogens is 328 g/mol. The van der Waals surface area contributed by atoms with Crippen molar-refractivity contribution in [1.29, 1.82) is 0 Å². The maximum Gasteiger partial charge on any atom is 0.119 e. The molecule has 2 N–H and O–H groups in total. The van der Waals surface area contributed by atoms with Crippen molar-refractivity contribution in [2.24, 2.45) is 11.8 Å². The highest BCUT2D eigenvalue weighted by atomic mass is 32.2. The van der Waals surface area contributed by atoms with Crippen LogP contribution in [0.5, 0.6) is 5.75 Å². The van der Waals surface area contributed by atoms with Crippen molar-refractivity contribution >= 4 is 17.6 Å². The van der Waals surface area contributed by atoms with Crippen LogP contribution in [0.4, 0.5) is 5.69 Å². The van der Waals surface area contributed by atoms with Gasteiger partial charge in [0.25, 0.3) is 0 Å². The van der Waals surface area contributed by atoms with Crippen LogP contribution in [-0.2, 0) is 0 Å². The van der Waals surface area contributed by atoms with Crippen molar-refractivity contribution in [3.63, 3.8) is 0 Å². The predicted octanol–water partition coefficient (Wildman–Crippen LogP) is 5.48. The van der Waals surface area contributed by atoms with Gasteiger partial charge in [0.15, 0.2) is 0 Å². The van der Waals surface area contributed by atoms with E-state index in [0.717, 1.165) is 30.7 Å². The van der Waals surface area contributed by atoms with Crippen molar-refractivity contribution in [1.82, 2.24) is 4.72 Å². The molecule has 0 heterocycles. The van der Waals surface area contributed by atoms with Gasteiger partial charge in [0.05, 0.1) is 6.61 Å². The molecule has 0 unspecified atom stereocenters. The van der Waals surface area contributed by atoms with Crippen LogP contribution in [0.1, 0.15) is 59.3 Å². The molecule has 0 bridgehead atoms. The second kappa shape index (κ2) is 8.68. The Hall–Kier alpha value is -0.870. The minimum absolute atomic E-state index is 0.299. The standard InChI is InChI=1S/C21H34N2OS/c1-21(2,3)25-23-19-8-6-16(7-9-19)14-22-18-10-12-20(13-11-18)24-15-17-4-5-17/h10-13,16-17,19,22-23H,4-9,14-15H2,1-3H3. The maximum atomic E-state index is 5.80. The molecule has 0 aromatic heterocycles. The van der Waals surface area contributed by atoms with Gasteiger partial charge < -0.3 is 10.1 Å². The van der Waals surface area contributed by atoms with E-state index in [0.29, 0.717) is 10.8 Å². The largest absolute Gasteiger partial charge is 0.493 e. The number of benzene rings is 1. The van der Waals surface area contributed by atoms with Gasteiger partial charge in [-0.25, -0.2) is 0 Å². The number of anilines is 1. The van der Waals surface area contributed by atoms with E-state index in [1.165, 1.54) is 44.2 Å². The van der Waals surface area contributed by atoms with E-state index >= 15 is 0 Å². The van der Waals surface area contributed by atoms with Crippen LogP contribution in [0.3, 0.4) is 0 Å². The Morgan fingerprint density at radius 3 is 2.20 bits per heavy atom. The molecule has 0 radical (unpaired) electrons. The average molecular weight is 363 g/mol. The third-order valence-electron chi connectivity index (χ3n) is 5.01. The first kappa shape index (κ1) is 18.9. The van der Waals surface area contributed by atoms with E-state index in [1.54, 1.807) is 0 Å². The van der Waals surface area contributed by atoms with Gasteiger partial charge in [0.2, 0.25) is 0 Å². The third kappa shape index (κ3) is 7.10. The van der Waals surface area contributed by atoms with Crippen LogP contribution < -0.4 is 14.8 Å². The first-order valence-corrected chi connectivity index (χ1v) is 10.7. The van der Waals surface area contributed by atoms with Crippen LogP contribution in [0.25, 0.3) is 0 Å². The number of ether oxygens (including phenoxy) is 1. The van der Waals surface area contributed by atoms with Crippen LogP contribution in [0, 0.1) is 11.8 Å². The first-order valence-electron chi connectivity index (χ1n) is 9.88. The topological polar surface area (TPSA) is 33.3 Å². The van der Waals surface area contributed by atoms with Crippen LogP contribution >= 0.6 is 11.9 Å². The fourth-order valence-electron chi connectivity index (χ4n) is 3.17. The molecule has 2 aliphatic rings. The van der Waals surface area contributed by atoms with E-state index in [9.17, 15) is 0 Å². The normalized spacial score (nSPS) is 24.1. The molecule has 4 heteroatoms. The zero-order valence-electron chi connectivity index (χ0n) is 16.0. The summed E-state index contributed by atoms with van der Waals surface area (Å²) in [5, 5.41) is 3.61. The van der Waals surface area contributed by atoms with E-state index in [4.69, 9.17) is 4.74 Å². The van der Waals surface area contributed by atoms with Gasteiger partial charge in [-0.2, -0.15) is 0 Å². The van der Waals surface area contributed by atoms with Crippen molar-refractivity contribution in [2.75, 3.05) is 18.5 Å². The first-order chi connectivity index (χ1) is 12.0. The van der Waals surface area contributed by atoms with Gasteiger partial charge in [0, 0.05) is 23.0 Å². The molecule has 2 aliphatic carbocycles. The minimum atomic E-state index is 0.299. The molecule has 2 fully saturated rings. The smallest absolute Gasteiger partial charge is 0.119 e. The summed E-state index contributed by atoms with van der Waals surface area (Å²) in [7, 11) is 0. The number of rotatable bonds is 8. The lowest BCUT2D eigenvalue weighted by atomic mass is 9.86. The molecule has 3 nitrogen and oxygen atoms in total. The molecule has 2 saturated carbocycles. The predicted molar refractivity (Wildman–Crippen MR) is 109 cm³/mol. The minimum Gasteiger partial charge on any atom is -0.493 e. The Morgan fingerprint density at radius 2 is 1.60 bits per heavy atom. The average Bonchev–Trinajstić information content (AvgIpc) is 3.42. The van der Waals surface area contributed by atoms with Gasteiger partial charge in [-0.1, -0.05) is 11.9 Å². The van der Waals surface area contributed by atoms with E-state index in [-0.39, 0.29) is 0 Å². The lowest BCUT2D eigenvalue weighted by Crippen LogP contribution is -2.33. The highest BCUT2D eigenvalue weighted by molar-refractivity contribution is 7.98. The summed E-state index contributed by atoms with van der Waals surface area (Å²) in [6, 6.07) is 9.17. The van der Waals surface area contributed by atoms with E-state index in [1.807, 2.05) is 11.9 Å². The van der Waals surface area contributed by atoms with Crippen LogP contribution in [0.2, 0.25) is 0 Å². The number of hydrogen-bond donors (Lipinski definition) is 2. The molecule has 3 rings (SSSR count). The highest BCUT2D eigenvalue weighted by Crippen LogP contribution is 2.30. The lowest BCUT2D eigenvalue weighted by molar-refractivity contribution is 0.300. The van der Waals surface area contributed by atoms with Crippen molar-refractivity contribution < 1.29 is 4.74 Å². The van der Waals surface area contributed by atoms with Gasteiger partial charge in [-0.05, 0) is 95.4 Å². The fraction of sp³-hybridized carbons (Fsp3) is 0.714. The Labute approximate surface area is 157 Å². The molecule has 1 aromatic carbocycles.